The van der Waals surface area contributed by atoms with E-state index in [1.54, 1.807) is 0 Å². The van der Waals surface area contributed by atoms with Crippen LogP contribution in [0.5, 0.6) is 11.5 Å². The van der Waals surface area contributed by atoms with Crippen molar-refractivity contribution in [2.45, 2.75) is 39.7 Å². The molecule has 1 N–H and O–H groups in total. The standard InChI is InChI=1S/C19H25N3O3/c1-4-10-24-17-7-6-15(12-18(17)25-11-5-2)14(3)22-19(23)16-13-20-8-9-21-16/h6-9,12-14H,4-5,10-11H2,1-3H3,(H,22,23)/t14-/m1/s1. The summed E-state index contributed by atoms with van der Waals surface area (Å²) in [7, 11) is 0. The highest BCUT2D eigenvalue weighted by Crippen LogP contribution is 2.31. The second-order valence-corrected chi connectivity index (χ2v) is 5.69. The Labute approximate surface area is 148 Å². The van der Waals surface area contributed by atoms with Crippen LogP contribution in [0.3, 0.4) is 0 Å². The van der Waals surface area contributed by atoms with Gasteiger partial charge in [0.1, 0.15) is 5.69 Å². The van der Waals surface area contributed by atoms with Gasteiger partial charge in [-0.15, -0.1) is 0 Å². The summed E-state index contributed by atoms with van der Waals surface area (Å²) in [6.07, 6.45) is 6.32. The van der Waals surface area contributed by atoms with Crippen molar-refractivity contribution < 1.29 is 14.3 Å². The van der Waals surface area contributed by atoms with Crippen molar-refractivity contribution in [1.29, 1.82) is 0 Å². The summed E-state index contributed by atoms with van der Waals surface area (Å²) in [5, 5.41) is 2.92. The zero-order chi connectivity index (χ0) is 18.1. The maximum atomic E-state index is 12.2. The highest BCUT2D eigenvalue weighted by molar-refractivity contribution is 5.92. The number of carbonyl (C=O) groups excluding carboxylic acids is 1. The molecule has 134 valence electrons. The molecule has 2 aromatic rings. The number of carbonyl (C=O) groups is 1. The van der Waals surface area contributed by atoms with Crippen molar-refractivity contribution in [1.82, 2.24) is 15.3 Å². The topological polar surface area (TPSA) is 73.3 Å². The molecule has 25 heavy (non-hydrogen) atoms. The molecule has 0 saturated heterocycles. The third kappa shape index (κ3) is 5.45. The van der Waals surface area contributed by atoms with Gasteiger partial charge in [-0.3, -0.25) is 9.78 Å². The van der Waals surface area contributed by atoms with Gasteiger partial charge in [0.05, 0.1) is 25.5 Å². The van der Waals surface area contributed by atoms with E-state index in [0.29, 0.717) is 24.7 Å². The Morgan fingerprint density at radius 3 is 2.48 bits per heavy atom. The van der Waals surface area contributed by atoms with Crippen molar-refractivity contribution >= 4 is 5.91 Å². The summed E-state index contributed by atoms with van der Waals surface area (Å²) >= 11 is 0. The van der Waals surface area contributed by atoms with Crippen LogP contribution in [0, 0.1) is 0 Å². The quantitative estimate of drug-likeness (QED) is 0.754. The van der Waals surface area contributed by atoms with E-state index in [9.17, 15) is 4.79 Å². The minimum absolute atomic E-state index is 0.196. The Bertz CT molecular complexity index is 677. The third-order valence-electron chi connectivity index (χ3n) is 3.53. The molecule has 0 bridgehead atoms. The summed E-state index contributed by atoms with van der Waals surface area (Å²) < 4.78 is 11.5. The molecule has 1 atom stereocenters. The Balaban J connectivity index is 2.12. The Morgan fingerprint density at radius 2 is 1.84 bits per heavy atom. The SMILES string of the molecule is CCCOc1ccc([C@@H](C)NC(=O)c2cnccn2)cc1OCCC. The van der Waals surface area contributed by atoms with Gasteiger partial charge >= 0.3 is 0 Å². The number of nitrogens with zero attached hydrogens (tertiary/aromatic N) is 2. The Hall–Kier alpha value is -2.63. The molecule has 2 rings (SSSR count). The second kappa shape index (κ2) is 9.61. The predicted molar refractivity (Wildman–Crippen MR) is 95.9 cm³/mol. The van der Waals surface area contributed by atoms with Crippen LogP contribution < -0.4 is 14.8 Å². The van der Waals surface area contributed by atoms with Gasteiger partial charge < -0.3 is 14.8 Å². The first-order valence-corrected chi connectivity index (χ1v) is 8.62. The van der Waals surface area contributed by atoms with E-state index in [1.807, 2.05) is 25.1 Å². The van der Waals surface area contributed by atoms with Crippen LogP contribution in [-0.4, -0.2) is 29.1 Å². The molecule has 6 nitrogen and oxygen atoms in total. The highest BCUT2D eigenvalue weighted by atomic mass is 16.5. The first kappa shape index (κ1) is 18.7. The van der Waals surface area contributed by atoms with Crippen LogP contribution in [0.25, 0.3) is 0 Å². The van der Waals surface area contributed by atoms with Crippen molar-refractivity contribution in [2.24, 2.45) is 0 Å². The lowest BCUT2D eigenvalue weighted by Gasteiger charge is -2.18. The number of aromatic nitrogens is 2. The molecule has 0 spiro atoms. The van der Waals surface area contributed by atoms with Gasteiger partial charge in [0.25, 0.3) is 5.91 Å². The van der Waals surface area contributed by atoms with Crippen molar-refractivity contribution in [3.63, 3.8) is 0 Å². The number of rotatable bonds is 9. The lowest BCUT2D eigenvalue weighted by atomic mass is 10.1. The first-order valence-electron chi connectivity index (χ1n) is 8.62. The molecular weight excluding hydrogens is 318 g/mol. The molecule has 0 radical (unpaired) electrons. The monoisotopic (exact) mass is 343 g/mol. The minimum atomic E-state index is -0.261. The number of benzene rings is 1. The van der Waals surface area contributed by atoms with Gasteiger partial charge in [-0.2, -0.15) is 0 Å². The van der Waals surface area contributed by atoms with Crippen LogP contribution in [0.4, 0.5) is 0 Å². The van der Waals surface area contributed by atoms with Gasteiger partial charge in [0.2, 0.25) is 0 Å². The van der Waals surface area contributed by atoms with Crippen LogP contribution in [0.15, 0.2) is 36.8 Å². The molecule has 0 fully saturated rings. The average molecular weight is 343 g/mol. The smallest absolute Gasteiger partial charge is 0.271 e. The van der Waals surface area contributed by atoms with Crippen LogP contribution in [0.1, 0.15) is 55.7 Å². The normalized spacial score (nSPS) is 11.6. The van der Waals surface area contributed by atoms with Gasteiger partial charge in [0, 0.05) is 12.4 Å². The lowest BCUT2D eigenvalue weighted by molar-refractivity contribution is 0.0934. The van der Waals surface area contributed by atoms with Crippen molar-refractivity contribution in [2.75, 3.05) is 13.2 Å². The molecule has 0 saturated carbocycles. The van der Waals surface area contributed by atoms with Crippen LogP contribution >= 0.6 is 0 Å². The molecule has 1 aromatic carbocycles. The number of nitrogens with one attached hydrogen (secondary N) is 1. The zero-order valence-electron chi connectivity index (χ0n) is 15.0. The summed E-state index contributed by atoms with van der Waals surface area (Å²) in [5.74, 6) is 1.17. The highest BCUT2D eigenvalue weighted by Gasteiger charge is 2.15. The predicted octanol–water partition coefficient (Wildman–Crippen LogP) is 3.55. The fraction of sp³-hybridized carbons (Fsp3) is 0.421. The average Bonchev–Trinajstić information content (AvgIpc) is 2.65. The second-order valence-electron chi connectivity index (χ2n) is 5.69. The summed E-state index contributed by atoms with van der Waals surface area (Å²) in [6.45, 7) is 7.29. The largest absolute Gasteiger partial charge is 0.490 e. The van der Waals surface area contributed by atoms with Gasteiger partial charge in [-0.1, -0.05) is 19.9 Å². The van der Waals surface area contributed by atoms with Gasteiger partial charge in [-0.05, 0) is 37.5 Å². The summed E-state index contributed by atoms with van der Waals surface area (Å²) in [6, 6.07) is 5.55. The Kier molecular flexibility index (Phi) is 7.19. The summed E-state index contributed by atoms with van der Waals surface area (Å²) in [4.78, 5) is 20.2. The lowest BCUT2D eigenvalue weighted by Crippen LogP contribution is -2.27. The van der Waals surface area contributed by atoms with E-state index in [-0.39, 0.29) is 11.9 Å². The number of hydrogen-bond donors (Lipinski definition) is 1. The minimum Gasteiger partial charge on any atom is -0.490 e. The van der Waals surface area contributed by atoms with Crippen LogP contribution in [0.2, 0.25) is 0 Å². The molecular formula is C19H25N3O3. The van der Waals surface area contributed by atoms with Crippen LogP contribution in [-0.2, 0) is 0 Å². The van der Waals surface area contributed by atoms with Gasteiger partial charge in [0.15, 0.2) is 11.5 Å². The third-order valence-corrected chi connectivity index (χ3v) is 3.53. The zero-order valence-corrected chi connectivity index (χ0v) is 15.0. The fourth-order valence-electron chi connectivity index (χ4n) is 2.22. The Morgan fingerprint density at radius 1 is 1.12 bits per heavy atom. The van der Waals surface area contributed by atoms with E-state index >= 15 is 0 Å². The molecule has 1 aromatic heterocycles. The maximum Gasteiger partial charge on any atom is 0.271 e. The van der Waals surface area contributed by atoms with E-state index in [4.69, 9.17) is 9.47 Å². The van der Waals surface area contributed by atoms with E-state index in [0.717, 1.165) is 24.2 Å². The first-order chi connectivity index (χ1) is 12.2. The number of hydrogen-bond acceptors (Lipinski definition) is 5. The molecule has 6 heteroatoms. The van der Waals surface area contributed by atoms with Gasteiger partial charge in [-0.25, -0.2) is 4.98 Å². The molecule has 1 heterocycles. The number of ether oxygens (including phenoxy) is 2. The van der Waals surface area contributed by atoms with Crippen molar-refractivity contribution in [3.05, 3.63) is 48.0 Å². The maximum absolute atomic E-state index is 12.2. The molecule has 0 unspecified atom stereocenters. The fourth-order valence-corrected chi connectivity index (χ4v) is 2.22. The van der Waals surface area contributed by atoms with E-state index in [2.05, 4.69) is 29.1 Å². The molecule has 1 amide bonds. The van der Waals surface area contributed by atoms with E-state index in [1.165, 1.54) is 18.6 Å². The molecule has 0 aliphatic heterocycles. The molecule has 0 aliphatic carbocycles. The van der Waals surface area contributed by atoms with E-state index < -0.39 is 0 Å². The molecule has 0 aliphatic rings. The van der Waals surface area contributed by atoms with Crippen molar-refractivity contribution in [3.8, 4) is 11.5 Å². The number of amides is 1. The summed E-state index contributed by atoms with van der Waals surface area (Å²) in [5.41, 5.74) is 1.23.